The molecular formula is C10H11N3O2S. The first-order valence-corrected chi connectivity index (χ1v) is 5.60. The predicted octanol–water partition coefficient (Wildman–Crippen LogP) is 1.40. The molecule has 0 heterocycles. The van der Waals surface area contributed by atoms with Crippen molar-refractivity contribution in [3.63, 3.8) is 0 Å². The number of benzene rings is 1. The number of nitrogens with two attached hydrogens (primary N) is 1. The van der Waals surface area contributed by atoms with E-state index in [0.29, 0.717) is 5.17 Å². The molecule has 5 nitrogen and oxygen atoms in total. The van der Waals surface area contributed by atoms with E-state index in [4.69, 9.17) is 10.8 Å². The summed E-state index contributed by atoms with van der Waals surface area (Å²) >= 11 is 1.30. The largest absolute Gasteiger partial charge is 0.478 e. The summed E-state index contributed by atoms with van der Waals surface area (Å²) in [5.41, 5.74) is 6.43. The molecule has 84 valence electrons. The SMILES string of the molecule is CSC(N)=NN=Cc1ccc(C(=O)O)cc1. The third kappa shape index (κ3) is 3.74. The second kappa shape index (κ2) is 5.92. The summed E-state index contributed by atoms with van der Waals surface area (Å²) in [7, 11) is 0. The second-order valence-electron chi connectivity index (χ2n) is 2.81. The number of carboxylic acid groups (broad SMARTS) is 1. The number of carboxylic acids is 1. The molecule has 0 aliphatic carbocycles. The van der Waals surface area contributed by atoms with Crippen molar-refractivity contribution in [2.45, 2.75) is 0 Å². The standard InChI is InChI=1S/C10H11N3O2S/c1-16-10(11)13-12-6-7-2-4-8(5-3-7)9(14)15/h2-6H,1H3,(H2,11,13)(H,14,15). The van der Waals surface area contributed by atoms with Crippen molar-refractivity contribution in [2.75, 3.05) is 6.26 Å². The number of rotatable bonds is 3. The smallest absolute Gasteiger partial charge is 0.335 e. The van der Waals surface area contributed by atoms with Gasteiger partial charge in [-0.25, -0.2) is 4.79 Å². The van der Waals surface area contributed by atoms with Crippen LogP contribution in [-0.4, -0.2) is 28.7 Å². The maximum absolute atomic E-state index is 10.6. The Balaban J connectivity index is 2.72. The summed E-state index contributed by atoms with van der Waals surface area (Å²) in [4.78, 5) is 10.6. The maximum atomic E-state index is 10.6. The Bertz CT molecular complexity index is 426. The molecule has 6 heteroatoms. The topological polar surface area (TPSA) is 88.0 Å². The average molecular weight is 237 g/mol. The highest BCUT2D eigenvalue weighted by atomic mass is 32.2. The van der Waals surface area contributed by atoms with Crippen LogP contribution in [0.2, 0.25) is 0 Å². The van der Waals surface area contributed by atoms with Crippen LogP contribution < -0.4 is 5.73 Å². The molecule has 0 saturated carbocycles. The van der Waals surface area contributed by atoms with E-state index in [9.17, 15) is 4.79 Å². The molecule has 3 N–H and O–H groups in total. The van der Waals surface area contributed by atoms with Crippen molar-refractivity contribution in [3.05, 3.63) is 35.4 Å². The van der Waals surface area contributed by atoms with Crippen molar-refractivity contribution in [3.8, 4) is 0 Å². The molecule has 16 heavy (non-hydrogen) atoms. The molecule has 0 amide bonds. The lowest BCUT2D eigenvalue weighted by Gasteiger charge is -1.94. The van der Waals surface area contributed by atoms with Crippen molar-refractivity contribution < 1.29 is 9.90 Å². The second-order valence-corrected chi connectivity index (χ2v) is 3.64. The van der Waals surface area contributed by atoms with Gasteiger partial charge in [-0.05, 0) is 24.0 Å². The average Bonchev–Trinajstić information content (AvgIpc) is 2.29. The van der Waals surface area contributed by atoms with Gasteiger partial charge in [0.1, 0.15) is 0 Å². The summed E-state index contributed by atoms with van der Waals surface area (Å²) in [5, 5.41) is 16.5. The highest BCUT2D eigenvalue weighted by molar-refractivity contribution is 8.13. The van der Waals surface area contributed by atoms with Gasteiger partial charge in [0.2, 0.25) is 0 Å². The number of hydrogen-bond donors (Lipinski definition) is 2. The van der Waals surface area contributed by atoms with Gasteiger partial charge >= 0.3 is 5.97 Å². The minimum Gasteiger partial charge on any atom is -0.478 e. The summed E-state index contributed by atoms with van der Waals surface area (Å²) in [6.45, 7) is 0. The van der Waals surface area contributed by atoms with E-state index in [1.807, 2.05) is 0 Å². The number of aromatic carboxylic acids is 1. The van der Waals surface area contributed by atoms with Gasteiger partial charge < -0.3 is 10.8 Å². The van der Waals surface area contributed by atoms with Crippen LogP contribution >= 0.6 is 11.8 Å². The number of carbonyl (C=O) groups is 1. The fraction of sp³-hybridized carbons (Fsp3) is 0.100. The minimum absolute atomic E-state index is 0.240. The highest BCUT2D eigenvalue weighted by Crippen LogP contribution is 2.02. The van der Waals surface area contributed by atoms with Gasteiger partial charge in [0.15, 0.2) is 5.17 Å². The van der Waals surface area contributed by atoms with Crippen LogP contribution in [0.25, 0.3) is 0 Å². The lowest BCUT2D eigenvalue weighted by molar-refractivity contribution is 0.0697. The summed E-state index contributed by atoms with van der Waals surface area (Å²) in [6.07, 6.45) is 3.31. The van der Waals surface area contributed by atoms with Crippen molar-refractivity contribution in [1.82, 2.24) is 0 Å². The Kier molecular flexibility index (Phi) is 4.53. The van der Waals surface area contributed by atoms with Gasteiger partial charge in [0, 0.05) is 0 Å². The van der Waals surface area contributed by atoms with E-state index in [-0.39, 0.29) is 5.56 Å². The Morgan fingerprint density at radius 3 is 2.56 bits per heavy atom. The van der Waals surface area contributed by atoms with E-state index in [1.54, 1.807) is 18.4 Å². The Morgan fingerprint density at radius 2 is 2.06 bits per heavy atom. The van der Waals surface area contributed by atoms with Gasteiger partial charge in [-0.15, -0.1) is 5.10 Å². The van der Waals surface area contributed by atoms with Gasteiger partial charge in [0.25, 0.3) is 0 Å². The third-order valence-electron chi connectivity index (χ3n) is 1.73. The molecule has 0 radical (unpaired) electrons. The van der Waals surface area contributed by atoms with E-state index in [1.165, 1.54) is 30.1 Å². The molecule has 1 rings (SSSR count). The molecule has 0 unspecified atom stereocenters. The number of nitrogens with zero attached hydrogens (tertiary/aromatic N) is 2. The maximum Gasteiger partial charge on any atom is 0.335 e. The van der Waals surface area contributed by atoms with Crippen LogP contribution in [-0.2, 0) is 0 Å². The molecule has 0 saturated heterocycles. The molecule has 0 fully saturated rings. The molecule has 0 bridgehead atoms. The molecular weight excluding hydrogens is 226 g/mol. The molecule has 0 aliphatic rings. The highest BCUT2D eigenvalue weighted by Gasteiger charge is 1.99. The van der Waals surface area contributed by atoms with Crippen molar-refractivity contribution in [1.29, 1.82) is 0 Å². The fourth-order valence-corrected chi connectivity index (χ4v) is 1.03. The normalized spacial score (nSPS) is 11.9. The van der Waals surface area contributed by atoms with Crippen molar-refractivity contribution in [2.24, 2.45) is 15.9 Å². The predicted molar refractivity (Wildman–Crippen MR) is 66.1 cm³/mol. The molecule has 1 aromatic carbocycles. The monoisotopic (exact) mass is 237 g/mol. The van der Waals surface area contributed by atoms with Crippen LogP contribution in [0.1, 0.15) is 15.9 Å². The number of amidine groups is 1. The molecule has 0 aromatic heterocycles. The quantitative estimate of drug-likeness (QED) is 0.472. The summed E-state index contributed by atoms with van der Waals surface area (Å²) in [5.74, 6) is -0.951. The Hall–Kier alpha value is -1.82. The first kappa shape index (κ1) is 12.3. The summed E-state index contributed by atoms with van der Waals surface area (Å²) in [6, 6.07) is 6.31. The first-order valence-electron chi connectivity index (χ1n) is 4.37. The molecule has 1 aromatic rings. The molecule has 0 spiro atoms. The lowest BCUT2D eigenvalue weighted by atomic mass is 10.1. The fourth-order valence-electron chi connectivity index (χ4n) is 0.905. The zero-order valence-corrected chi connectivity index (χ0v) is 9.44. The van der Waals surface area contributed by atoms with Crippen LogP contribution in [0.15, 0.2) is 34.5 Å². The van der Waals surface area contributed by atoms with Gasteiger partial charge in [-0.1, -0.05) is 23.9 Å². The van der Waals surface area contributed by atoms with E-state index >= 15 is 0 Å². The van der Waals surface area contributed by atoms with E-state index < -0.39 is 5.97 Å². The van der Waals surface area contributed by atoms with Crippen LogP contribution in [0.5, 0.6) is 0 Å². The van der Waals surface area contributed by atoms with Gasteiger partial charge in [-0.3, -0.25) is 0 Å². The number of hydrogen-bond acceptors (Lipinski definition) is 4. The molecule has 0 atom stereocenters. The zero-order valence-electron chi connectivity index (χ0n) is 8.62. The van der Waals surface area contributed by atoms with Gasteiger partial charge in [0.05, 0.1) is 11.8 Å². The third-order valence-corrected chi connectivity index (χ3v) is 2.23. The van der Waals surface area contributed by atoms with Crippen molar-refractivity contribution >= 4 is 29.1 Å². The summed E-state index contributed by atoms with van der Waals surface area (Å²) < 4.78 is 0. The minimum atomic E-state index is -0.951. The first-order chi connectivity index (χ1) is 7.63. The van der Waals surface area contributed by atoms with E-state index in [2.05, 4.69) is 10.2 Å². The Labute approximate surface area is 97.1 Å². The van der Waals surface area contributed by atoms with E-state index in [0.717, 1.165) is 5.56 Å². The number of thioether (sulfide) groups is 1. The van der Waals surface area contributed by atoms with Crippen LogP contribution in [0.4, 0.5) is 0 Å². The van der Waals surface area contributed by atoms with Crippen LogP contribution in [0, 0.1) is 0 Å². The Morgan fingerprint density at radius 1 is 1.44 bits per heavy atom. The molecule has 0 aliphatic heterocycles. The lowest BCUT2D eigenvalue weighted by Crippen LogP contribution is -2.03. The van der Waals surface area contributed by atoms with Gasteiger partial charge in [-0.2, -0.15) is 5.10 Å². The van der Waals surface area contributed by atoms with Crippen LogP contribution in [0.3, 0.4) is 0 Å². The zero-order chi connectivity index (χ0) is 12.0.